The Hall–Kier alpha value is -0.400. The number of carbonyl (C=O) groups is 1. The zero-order valence-electron chi connectivity index (χ0n) is 9.35. The average Bonchev–Trinajstić information content (AvgIpc) is 2.95. The van der Waals surface area contributed by atoms with Crippen molar-refractivity contribution in [1.29, 1.82) is 0 Å². The third-order valence-corrected chi connectivity index (χ3v) is 5.16. The number of carbonyl (C=O) groups excluding carboxylic acids is 1. The number of halogens is 1. The third kappa shape index (κ3) is 3.53. The van der Waals surface area contributed by atoms with Crippen LogP contribution >= 0.6 is 45.3 Å². The largest absolute Gasteiger partial charge is 0.341 e. The van der Waals surface area contributed by atoms with Crippen LogP contribution in [0, 0.1) is 2.88 Å². The predicted octanol–water partition coefficient (Wildman–Crippen LogP) is 3.73. The smallest absolute Gasteiger partial charge is 0.254 e. The number of likely N-dealkylation sites (N-methyl/N-ethyl adjacent to an activating group) is 1. The van der Waals surface area contributed by atoms with Crippen LogP contribution in [0.5, 0.6) is 0 Å². The summed E-state index contributed by atoms with van der Waals surface area (Å²) >= 11 is 5.58. The average molecular weight is 377 g/mol. The van der Waals surface area contributed by atoms with Crippen LogP contribution in [0.1, 0.15) is 15.2 Å². The number of hydrogen-bond acceptors (Lipinski definition) is 3. The first-order valence-corrected chi connectivity index (χ1v) is 8.02. The Labute approximate surface area is 122 Å². The van der Waals surface area contributed by atoms with Crippen LogP contribution < -0.4 is 0 Å². The fourth-order valence-electron chi connectivity index (χ4n) is 1.48. The van der Waals surface area contributed by atoms with Gasteiger partial charge in [-0.2, -0.15) is 0 Å². The highest BCUT2D eigenvalue weighted by Gasteiger charge is 2.13. The molecule has 5 heteroatoms. The summed E-state index contributed by atoms with van der Waals surface area (Å²) in [5, 5.41) is 3.99. The molecular weight excluding hydrogens is 365 g/mol. The first-order chi connectivity index (χ1) is 8.16. The molecule has 2 rings (SSSR count). The van der Waals surface area contributed by atoms with E-state index in [1.165, 1.54) is 4.88 Å². The molecule has 2 aromatic heterocycles. The molecule has 0 fully saturated rings. The van der Waals surface area contributed by atoms with Crippen molar-refractivity contribution in [2.45, 2.75) is 6.42 Å². The lowest BCUT2D eigenvalue weighted by Gasteiger charge is -2.15. The van der Waals surface area contributed by atoms with E-state index in [4.69, 9.17) is 0 Å². The zero-order chi connectivity index (χ0) is 12.3. The summed E-state index contributed by atoms with van der Waals surface area (Å²) in [7, 11) is 1.86. The van der Waals surface area contributed by atoms with Gasteiger partial charge in [0, 0.05) is 23.8 Å². The van der Waals surface area contributed by atoms with Crippen LogP contribution in [0.15, 0.2) is 29.0 Å². The van der Waals surface area contributed by atoms with Crippen LogP contribution in [0.3, 0.4) is 0 Å². The van der Waals surface area contributed by atoms with E-state index in [-0.39, 0.29) is 5.91 Å². The van der Waals surface area contributed by atoms with E-state index < -0.39 is 0 Å². The van der Waals surface area contributed by atoms with Crippen molar-refractivity contribution in [2.75, 3.05) is 13.6 Å². The molecule has 0 radical (unpaired) electrons. The minimum atomic E-state index is 0.112. The van der Waals surface area contributed by atoms with E-state index in [0.29, 0.717) is 0 Å². The predicted molar refractivity (Wildman–Crippen MR) is 82.0 cm³/mol. The highest BCUT2D eigenvalue weighted by atomic mass is 127. The van der Waals surface area contributed by atoms with Crippen LogP contribution in [-0.2, 0) is 6.42 Å². The second kappa shape index (κ2) is 5.97. The number of hydrogen-bond donors (Lipinski definition) is 0. The van der Waals surface area contributed by atoms with Gasteiger partial charge in [0.25, 0.3) is 5.91 Å². The van der Waals surface area contributed by atoms with Crippen molar-refractivity contribution in [3.63, 3.8) is 0 Å². The van der Waals surface area contributed by atoms with E-state index in [0.717, 1.165) is 21.4 Å². The minimum absolute atomic E-state index is 0.112. The molecule has 90 valence electrons. The minimum Gasteiger partial charge on any atom is -0.341 e. The van der Waals surface area contributed by atoms with Gasteiger partial charge in [0.1, 0.15) is 0 Å². The zero-order valence-corrected chi connectivity index (χ0v) is 13.1. The van der Waals surface area contributed by atoms with Crippen molar-refractivity contribution >= 4 is 51.2 Å². The first kappa shape index (κ1) is 13.0. The molecule has 0 bridgehead atoms. The molecule has 1 amide bonds. The first-order valence-electron chi connectivity index (χ1n) is 5.18. The van der Waals surface area contributed by atoms with E-state index in [2.05, 4.69) is 34.0 Å². The van der Waals surface area contributed by atoms with Gasteiger partial charge in [0.2, 0.25) is 0 Å². The number of rotatable bonds is 4. The number of nitrogens with zero attached hydrogens (tertiary/aromatic N) is 1. The summed E-state index contributed by atoms with van der Waals surface area (Å²) in [6, 6.07) is 6.09. The fourth-order valence-corrected chi connectivity index (χ4v) is 3.50. The normalized spacial score (nSPS) is 10.5. The maximum absolute atomic E-state index is 12.1. The monoisotopic (exact) mass is 377 g/mol. The summed E-state index contributed by atoms with van der Waals surface area (Å²) in [4.78, 5) is 15.2. The summed E-state index contributed by atoms with van der Waals surface area (Å²) in [5.74, 6) is 0.112. The highest BCUT2D eigenvalue weighted by molar-refractivity contribution is 14.1. The lowest BCUT2D eigenvalue weighted by molar-refractivity contribution is 0.0797. The molecular formula is C12H12INOS2. The molecule has 0 N–H and O–H groups in total. The summed E-state index contributed by atoms with van der Waals surface area (Å²) in [6.07, 6.45) is 0.932. The van der Waals surface area contributed by atoms with Crippen molar-refractivity contribution in [2.24, 2.45) is 0 Å². The van der Waals surface area contributed by atoms with Gasteiger partial charge in [-0.1, -0.05) is 6.07 Å². The van der Waals surface area contributed by atoms with Gasteiger partial charge in [-0.25, -0.2) is 0 Å². The fraction of sp³-hybridized carbons (Fsp3) is 0.250. The van der Waals surface area contributed by atoms with Gasteiger partial charge in [0.05, 0.1) is 8.45 Å². The van der Waals surface area contributed by atoms with E-state index in [9.17, 15) is 4.79 Å². The molecule has 0 aliphatic carbocycles. The van der Waals surface area contributed by atoms with Crippen molar-refractivity contribution in [1.82, 2.24) is 4.90 Å². The van der Waals surface area contributed by atoms with Crippen LogP contribution in [0.2, 0.25) is 0 Å². The van der Waals surface area contributed by atoms with E-state index >= 15 is 0 Å². The summed E-state index contributed by atoms with van der Waals surface area (Å²) in [5.41, 5.74) is 0.799. The quantitative estimate of drug-likeness (QED) is 0.744. The van der Waals surface area contributed by atoms with Gasteiger partial charge < -0.3 is 4.90 Å². The van der Waals surface area contributed by atoms with E-state index in [1.54, 1.807) is 27.6 Å². The summed E-state index contributed by atoms with van der Waals surface area (Å²) in [6.45, 7) is 0.770. The molecule has 0 aliphatic rings. The molecule has 0 atom stereocenters. The van der Waals surface area contributed by atoms with E-state index in [1.807, 2.05) is 24.6 Å². The second-order valence-corrected chi connectivity index (χ2v) is 7.53. The molecule has 0 aliphatic heterocycles. The molecule has 0 aromatic carbocycles. The molecule has 0 saturated heterocycles. The third-order valence-electron chi connectivity index (χ3n) is 2.43. The molecule has 0 unspecified atom stereocenters. The maximum atomic E-state index is 12.1. The van der Waals surface area contributed by atoms with Crippen LogP contribution in [-0.4, -0.2) is 24.4 Å². The second-order valence-electron chi connectivity index (χ2n) is 3.70. The Kier molecular flexibility index (Phi) is 4.58. The number of amides is 1. The summed E-state index contributed by atoms with van der Waals surface area (Å²) < 4.78 is 1.15. The lowest BCUT2D eigenvalue weighted by Crippen LogP contribution is -2.28. The van der Waals surface area contributed by atoms with Gasteiger partial charge in [-0.05, 0) is 46.5 Å². The molecule has 0 saturated carbocycles. The standard InChI is InChI=1S/C12H12INOS2/c1-14(5-4-10-3-2-6-16-10)12(15)9-7-11(13)17-8-9/h2-3,6-8H,4-5H2,1H3. The SMILES string of the molecule is CN(CCc1cccs1)C(=O)c1csc(I)c1. The molecule has 17 heavy (non-hydrogen) atoms. The Bertz CT molecular complexity index is 492. The van der Waals surface area contributed by atoms with Crippen molar-refractivity contribution in [3.05, 3.63) is 42.3 Å². The van der Waals surface area contributed by atoms with Crippen molar-refractivity contribution < 1.29 is 4.79 Å². The number of thiophene rings is 2. The molecule has 2 heterocycles. The van der Waals surface area contributed by atoms with Gasteiger partial charge in [-0.3, -0.25) is 4.79 Å². The van der Waals surface area contributed by atoms with Gasteiger partial charge >= 0.3 is 0 Å². The molecule has 2 aromatic rings. The Morgan fingerprint density at radius 1 is 1.47 bits per heavy atom. The molecule has 2 nitrogen and oxygen atoms in total. The lowest BCUT2D eigenvalue weighted by atomic mass is 10.2. The van der Waals surface area contributed by atoms with Gasteiger partial charge in [0.15, 0.2) is 0 Å². The Morgan fingerprint density at radius 3 is 2.88 bits per heavy atom. The maximum Gasteiger partial charge on any atom is 0.254 e. The van der Waals surface area contributed by atoms with Crippen LogP contribution in [0.25, 0.3) is 0 Å². The topological polar surface area (TPSA) is 20.3 Å². The Balaban J connectivity index is 1.91. The highest BCUT2D eigenvalue weighted by Crippen LogP contribution is 2.18. The van der Waals surface area contributed by atoms with Gasteiger partial charge in [-0.15, -0.1) is 22.7 Å². The van der Waals surface area contributed by atoms with Crippen molar-refractivity contribution in [3.8, 4) is 0 Å². The Morgan fingerprint density at radius 2 is 2.29 bits per heavy atom. The van der Waals surface area contributed by atoms with Crippen LogP contribution in [0.4, 0.5) is 0 Å². The molecule has 0 spiro atoms.